The van der Waals surface area contributed by atoms with Crippen molar-refractivity contribution < 1.29 is 23.1 Å². The van der Waals surface area contributed by atoms with Crippen LogP contribution < -0.4 is 10.1 Å². The molecule has 0 saturated heterocycles. The standard InChI is InChI=1S/C24H22F2N4O3/c25-23(26)33-19-6-4-5-18(13-19)28-20(31)15-30-22(32)21(17-9-7-16(14-27)8-10-17)29-24(30)11-2-1-3-12-24/h4-10,13,23H,1-3,11-12,15H2,(H,28,31). The van der Waals surface area contributed by atoms with Crippen LogP contribution >= 0.6 is 0 Å². The van der Waals surface area contributed by atoms with Gasteiger partial charge < -0.3 is 15.0 Å². The molecule has 1 aliphatic carbocycles. The van der Waals surface area contributed by atoms with E-state index >= 15 is 0 Å². The van der Waals surface area contributed by atoms with Gasteiger partial charge >= 0.3 is 6.61 Å². The van der Waals surface area contributed by atoms with Crippen LogP contribution in [0.4, 0.5) is 14.5 Å². The Bertz CT molecular complexity index is 1120. The number of nitriles is 1. The van der Waals surface area contributed by atoms with Crippen LogP contribution in [0.15, 0.2) is 53.5 Å². The number of rotatable bonds is 6. The minimum absolute atomic E-state index is 0.0739. The Hall–Kier alpha value is -3.80. The Morgan fingerprint density at radius 2 is 1.91 bits per heavy atom. The zero-order valence-electron chi connectivity index (χ0n) is 17.8. The van der Waals surface area contributed by atoms with Crippen LogP contribution in [-0.2, 0) is 9.59 Å². The van der Waals surface area contributed by atoms with Crippen molar-refractivity contribution in [1.82, 2.24) is 4.90 Å². The highest BCUT2D eigenvalue weighted by Gasteiger charge is 2.48. The molecule has 0 atom stereocenters. The van der Waals surface area contributed by atoms with Crippen molar-refractivity contribution in [2.24, 2.45) is 4.99 Å². The molecule has 2 aromatic rings. The zero-order valence-corrected chi connectivity index (χ0v) is 17.8. The first-order valence-corrected chi connectivity index (χ1v) is 10.7. The fraction of sp³-hybridized carbons (Fsp3) is 0.333. The predicted molar refractivity (Wildman–Crippen MR) is 117 cm³/mol. The number of halogens is 2. The van der Waals surface area contributed by atoms with Crippen LogP contribution in [0.25, 0.3) is 0 Å². The summed E-state index contributed by atoms with van der Waals surface area (Å²) in [5.41, 5.74) is 0.865. The molecule has 33 heavy (non-hydrogen) atoms. The fourth-order valence-corrected chi connectivity index (χ4v) is 4.34. The number of amides is 2. The smallest absolute Gasteiger partial charge is 0.387 e. The lowest BCUT2D eigenvalue weighted by Gasteiger charge is -2.38. The van der Waals surface area contributed by atoms with Crippen molar-refractivity contribution in [2.75, 3.05) is 11.9 Å². The molecular formula is C24H22F2N4O3. The van der Waals surface area contributed by atoms with Crippen molar-refractivity contribution >= 4 is 23.2 Å². The number of hydrogen-bond donors (Lipinski definition) is 1. The molecule has 2 aliphatic rings. The maximum absolute atomic E-state index is 13.3. The highest BCUT2D eigenvalue weighted by atomic mass is 19.3. The maximum Gasteiger partial charge on any atom is 0.387 e. The highest BCUT2D eigenvalue weighted by molar-refractivity contribution is 6.47. The summed E-state index contributed by atoms with van der Waals surface area (Å²) in [5, 5.41) is 11.7. The van der Waals surface area contributed by atoms with Gasteiger partial charge in [0.05, 0.1) is 11.6 Å². The molecule has 1 aliphatic heterocycles. The van der Waals surface area contributed by atoms with E-state index in [9.17, 15) is 18.4 Å². The van der Waals surface area contributed by atoms with Crippen LogP contribution in [0.3, 0.4) is 0 Å². The number of carbonyl (C=O) groups is 2. The van der Waals surface area contributed by atoms with Crippen LogP contribution in [0.2, 0.25) is 0 Å². The molecule has 1 fully saturated rings. The lowest BCUT2D eigenvalue weighted by molar-refractivity contribution is -0.134. The summed E-state index contributed by atoms with van der Waals surface area (Å²) < 4.78 is 29.3. The number of aliphatic imine (C=N–C) groups is 1. The van der Waals surface area contributed by atoms with Crippen LogP contribution in [0.1, 0.15) is 43.2 Å². The van der Waals surface area contributed by atoms with Gasteiger partial charge in [0.1, 0.15) is 23.7 Å². The average molecular weight is 452 g/mol. The molecule has 1 spiro atoms. The molecule has 1 saturated carbocycles. The second-order valence-corrected chi connectivity index (χ2v) is 8.04. The van der Waals surface area contributed by atoms with E-state index in [1.54, 1.807) is 30.3 Å². The molecule has 1 heterocycles. The summed E-state index contributed by atoms with van der Waals surface area (Å²) in [5.74, 6) is -0.874. The van der Waals surface area contributed by atoms with E-state index in [1.807, 2.05) is 6.07 Å². The van der Waals surface area contributed by atoms with E-state index in [1.165, 1.54) is 23.1 Å². The number of anilines is 1. The van der Waals surface area contributed by atoms with Gasteiger partial charge in [-0.1, -0.05) is 24.6 Å². The van der Waals surface area contributed by atoms with E-state index in [4.69, 9.17) is 10.3 Å². The van der Waals surface area contributed by atoms with Crippen LogP contribution in [0.5, 0.6) is 5.75 Å². The quantitative estimate of drug-likeness (QED) is 0.714. The summed E-state index contributed by atoms with van der Waals surface area (Å²) >= 11 is 0. The van der Waals surface area contributed by atoms with Gasteiger partial charge in [-0.15, -0.1) is 0 Å². The fourth-order valence-electron chi connectivity index (χ4n) is 4.34. The Labute approximate surface area is 189 Å². The molecule has 4 rings (SSSR count). The number of nitrogens with zero attached hydrogens (tertiary/aromatic N) is 3. The minimum atomic E-state index is -2.97. The minimum Gasteiger partial charge on any atom is -0.435 e. The predicted octanol–water partition coefficient (Wildman–Crippen LogP) is 4.09. The van der Waals surface area contributed by atoms with Crippen LogP contribution in [-0.4, -0.2) is 41.2 Å². The second kappa shape index (κ2) is 9.36. The highest BCUT2D eigenvalue weighted by Crippen LogP contribution is 2.39. The lowest BCUT2D eigenvalue weighted by Crippen LogP contribution is -2.51. The molecule has 170 valence electrons. The topological polar surface area (TPSA) is 94.8 Å². The average Bonchev–Trinajstić information content (AvgIpc) is 3.05. The molecule has 0 aromatic heterocycles. The summed E-state index contributed by atoms with van der Waals surface area (Å²) in [7, 11) is 0. The number of hydrogen-bond acceptors (Lipinski definition) is 5. The third kappa shape index (κ3) is 4.85. The van der Waals surface area contributed by atoms with Gasteiger partial charge in [-0.3, -0.25) is 14.6 Å². The zero-order chi connectivity index (χ0) is 23.4. The van der Waals surface area contributed by atoms with Gasteiger partial charge in [-0.25, -0.2) is 0 Å². The Kier molecular flexibility index (Phi) is 6.36. The third-order valence-corrected chi connectivity index (χ3v) is 5.86. The first-order valence-electron chi connectivity index (χ1n) is 10.7. The number of carbonyl (C=O) groups excluding carboxylic acids is 2. The molecule has 2 aromatic carbocycles. The summed E-state index contributed by atoms with van der Waals surface area (Å²) in [6.07, 6.45) is 4.13. The monoisotopic (exact) mass is 452 g/mol. The summed E-state index contributed by atoms with van der Waals surface area (Å²) in [6.45, 7) is -3.19. The van der Waals surface area contributed by atoms with E-state index in [-0.39, 0.29) is 29.6 Å². The molecule has 7 nitrogen and oxygen atoms in total. The Morgan fingerprint density at radius 3 is 2.58 bits per heavy atom. The van der Waals surface area contributed by atoms with Crippen molar-refractivity contribution in [3.63, 3.8) is 0 Å². The summed E-state index contributed by atoms with van der Waals surface area (Å²) in [6, 6.07) is 14.4. The van der Waals surface area contributed by atoms with E-state index in [2.05, 4.69) is 10.1 Å². The third-order valence-electron chi connectivity index (χ3n) is 5.86. The molecule has 0 radical (unpaired) electrons. The van der Waals surface area contributed by atoms with Crippen molar-refractivity contribution in [2.45, 2.75) is 44.4 Å². The largest absolute Gasteiger partial charge is 0.435 e. The normalized spacial score (nSPS) is 17.1. The summed E-state index contributed by atoms with van der Waals surface area (Å²) in [4.78, 5) is 32.5. The molecule has 0 bridgehead atoms. The van der Waals surface area contributed by atoms with Gasteiger partial charge in [0, 0.05) is 17.3 Å². The van der Waals surface area contributed by atoms with Crippen molar-refractivity contribution in [3.05, 3.63) is 59.7 Å². The SMILES string of the molecule is N#Cc1ccc(C2=NC3(CCCCC3)N(CC(=O)Nc3cccc(OC(F)F)c3)C2=O)cc1. The van der Waals surface area contributed by atoms with E-state index in [0.29, 0.717) is 24.0 Å². The second-order valence-electron chi connectivity index (χ2n) is 8.04. The number of nitrogens with one attached hydrogen (secondary N) is 1. The first-order chi connectivity index (χ1) is 15.9. The van der Waals surface area contributed by atoms with E-state index in [0.717, 1.165) is 19.3 Å². The van der Waals surface area contributed by atoms with Crippen molar-refractivity contribution in [3.8, 4) is 11.8 Å². The number of ether oxygens (including phenoxy) is 1. The lowest BCUT2D eigenvalue weighted by atomic mass is 9.88. The maximum atomic E-state index is 13.3. The molecular weight excluding hydrogens is 430 g/mol. The number of benzene rings is 2. The van der Waals surface area contributed by atoms with E-state index < -0.39 is 18.2 Å². The first kappa shape index (κ1) is 22.4. The van der Waals surface area contributed by atoms with Gasteiger partial charge in [-0.2, -0.15) is 14.0 Å². The Morgan fingerprint density at radius 1 is 1.18 bits per heavy atom. The van der Waals surface area contributed by atoms with Crippen LogP contribution in [0, 0.1) is 11.3 Å². The molecule has 2 amide bonds. The van der Waals surface area contributed by atoms with Gasteiger partial charge in [0.25, 0.3) is 5.91 Å². The van der Waals surface area contributed by atoms with Crippen molar-refractivity contribution in [1.29, 1.82) is 5.26 Å². The Balaban J connectivity index is 1.54. The van der Waals surface area contributed by atoms with Gasteiger partial charge in [0.15, 0.2) is 0 Å². The van der Waals surface area contributed by atoms with Gasteiger partial charge in [-0.05, 0) is 49.9 Å². The molecule has 0 unspecified atom stereocenters. The molecule has 1 N–H and O–H groups in total. The van der Waals surface area contributed by atoms with Gasteiger partial charge in [0.2, 0.25) is 5.91 Å². The number of alkyl halides is 2. The molecule has 9 heteroatoms.